The number of aromatic nitrogens is 1. The zero-order chi connectivity index (χ0) is 14.9. The van der Waals surface area contributed by atoms with Gasteiger partial charge in [-0.25, -0.2) is 18.1 Å². The van der Waals surface area contributed by atoms with E-state index in [4.69, 9.17) is 4.42 Å². The van der Waals surface area contributed by atoms with Crippen LogP contribution in [0.15, 0.2) is 14.7 Å². The first-order valence-corrected chi connectivity index (χ1v) is 8.32. The Morgan fingerprint density at radius 3 is 2.60 bits per heavy atom. The molecule has 20 heavy (non-hydrogen) atoms. The van der Waals surface area contributed by atoms with Crippen LogP contribution in [0.1, 0.15) is 27.8 Å². The third-order valence-corrected chi connectivity index (χ3v) is 5.39. The molecule has 2 N–H and O–H groups in total. The van der Waals surface area contributed by atoms with Gasteiger partial charge in [0.05, 0.1) is 13.2 Å². The second-order valence-electron chi connectivity index (χ2n) is 4.39. The predicted molar refractivity (Wildman–Crippen MR) is 75.0 cm³/mol. The number of aliphatic hydroxyl groups is 1. The van der Waals surface area contributed by atoms with Gasteiger partial charge < -0.3 is 9.52 Å². The molecule has 0 amide bonds. The highest BCUT2D eigenvalue weighted by molar-refractivity contribution is 7.89. The summed E-state index contributed by atoms with van der Waals surface area (Å²) >= 11 is 1.39. The van der Waals surface area contributed by atoms with Crippen LogP contribution in [0, 0.1) is 20.8 Å². The van der Waals surface area contributed by atoms with E-state index in [1.165, 1.54) is 11.3 Å². The Kier molecular flexibility index (Phi) is 4.28. The Bertz CT molecular complexity index is 716. The van der Waals surface area contributed by atoms with Crippen LogP contribution in [0.4, 0.5) is 0 Å². The van der Waals surface area contributed by atoms with Crippen molar-refractivity contribution in [1.82, 2.24) is 9.71 Å². The summed E-state index contributed by atoms with van der Waals surface area (Å²) in [6, 6.07) is 0. The molecule has 0 aliphatic carbocycles. The minimum Gasteiger partial charge on any atom is -0.465 e. The van der Waals surface area contributed by atoms with Crippen molar-refractivity contribution in [3.63, 3.8) is 0 Å². The number of aryl methyl sites for hydroxylation is 3. The van der Waals surface area contributed by atoms with E-state index in [0.717, 1.165) is 5.69 Å². The monoisotopic (exact) mass is 316 g/mol. The van der Waals surface area contributed by atoms with E-state index in [2.05, 4.69) is 9.71 Å². The molecule has 6 nitrogen and oxygen atoms in total. The predicted octanol–water partition coefficient (Wildman–Crippen LogP) is 1.63. The van der Waals surface area contributed by atoms with Crippen molar-refractivity contribution < 1.29 is 17.9 Å². The van der Waals surface area contributed by atoms with E-state index in [0.29, 0.717) is 16.3 Å². The van der Waals surface area contributed by atoms with Gasteiger partial charge in [-0.2, -0.15) is 0 Å². The number of furan rings is 1. The van der Waals surface area contributed by atoms with Crippen LogP contribution in [-0.2, 0) is 23.2 Å². The second kappa shape index (κ2) is 5.65. The Hall–Kier alpha value is -1.22. The highest BCUT2D eigenvalue weighted by atomic mass is 32.2. The van der Waals surface area contributed by atoms with Crippen molar-refractivity contribution in [3.05, 3.63) is 33.2 Å². The first kappa shape index (κ1) is 15.2. The highest BCUT2D eigenvalue weighted by Gasteiger charge is 2.26. The second-order valence-corrected chi connectivity index (χ2v) is 7.03. The molecule has 0 spiro atoms. The lowest BCUT2D eigenvalue weighted by Gasteiger charge is -2.06. The van der Waals surface area contributed by atoms with Gasteiger partial charge in [-0.05, 0) is 20.8 Å². The fourth-order valence-corrected chi connectivity index (χ4v) is 4.18. The molecular formula is C12H16N2O4S2. The molecule has 8 heteroatoms. The topological polar surface area (TPSA) is 92.4 Å². The lowest BCUT2D eigenvalue weighted by Crippen LogP contribution is -2.24. The standard InChI is InChI=1S/C12H16N2O4S2/c1-7-6-19-11(14-7)4-13-20(16,17)12-9(3)18-8(2)10(12)5-15/h6,13,15H,4-5H2,1-3H3. The average molecular weight is 316 g/mol. The fraction of sp³-hybridized carbons (Fsp3) is 0.417. The van der Waals surface area contributed by atoms with Crippen LogP contribution in [0.2, 0.25) is 0 Å². The summed E-state index contributed by atoms with van der Waals surface area (Å²) in [6.07, 6.45) is 0. The summed E-state index contributed by atoms with van der Waals surface area (Å²) in [7, 11) is -3.74. The maximum absolute atomic E-state index is 12.3. The first-order chi connectivity index (χ1) is 9.35. The number of nitrogens with one attached hydrogen (secondary N) is 1. The first-order valence-electron chi connectivity index (χ1n) is 5.95. The van der Waals surface area contributed by atoms with Gasteiger partial charge in [0.15, 0.2) is 0 Å². The number of aliphatic hydroxyl groups excluding tert-OH is 1. The third-order valence-electron chi connectivity index (χ3n) is 2.83. The van der Waals surface area contributed by atoms with E-state index < -0.39 is 10.0 Å². The van der Waals surface area contributed by atoms with Gasteiger partial charge in [-0.1, -0.05) is 0 Å². The number of thiazole rings is 1. The van der Waals surface area contributed by atoms with Crippen molar-refractivity contribution in [1.29, 1.82) is 0 Å². The van der Waals surface area contributed by atoms with E-state index in [9.17, 15) is 13.5 Å². The summed E-state index contributed by atoms with van der Waals surface area (Å²) in [5, 5.41) is 11.8. The molecule has 2 aromatic heterocycles. The molecule has 0 saturated carbocycles. The summed E-state index contributed by atoms with van der Waals surface area (Å²) in [5.74, 6) is 0.685. The Balaban J connectivity index is 2.27. The van der Waals surface area contributed by atoms with E-state index in [1.807, 2.05) is 12.3 Å². The van der Waals surface area contributed by atoms with Crippen LogP contribution in [0.5, 0.6) is 0 Å². The molecule has 2 rings (SSSR count). The summed E-state index contributed by atoms with van der Waals surface area (Å²) in [5.41, 5.74) is 1.15. The molecule has 0 radical (unpaired) electrons. The molecule has 0 atom stereocenters. The minimum atomic E-state index is -3.74. The number of sulfonamides is 1. The van der Waals surface area contributed by atoms with Gasteiger partial charge in [0.1, 0.15) is 21.4 Å². The van der Waals surface area contributed by atoms with Crippen LogP contribution in [-0.4, -0.2) is 18.5 Å². The van der Waals surface area contributed by atoms with Crippen molar-refractivity contribution in [3.8, 4) is 0 Å². The molecule has 110 valence electrons. The fourth-order valence-electron chi connectivity index (χ4n) is 1.96. The van der Waals surface area contributed by atoms with Gasteiger partial charge in [0.2, 0.25) is 10.0 Å². The van der Waals surface area contributed by atoms with Crippen LogP contribution in [0.3, 0.4) is 0 Å². The maximum atomic E-state index is 12.3. The number of hydrogen-bond donors (Lipinski definition) is 2. The summed E-state index contributed by atoms with van der Waals surface area (Å²) in [6.45, 7) is 4.78. The van der Waals surface area contributed by atoms with Gasteiger partial charge >= 0.3 is 0 Å². The molecule has 0 aliphatic heterocycles. The quantitative estimate of drug-likeness (QED) is 0.874. The lowest BCUT2D eigenvalue weighted by atomic mass is 10.2. The molecule has 0 aliphatic rings. The van der Waals surface area contributed by atoms with Crippen molar-refractivity contribution in [2.75, 3.05) is 0 Å². The normalized spacial score (nSPS) is 12.0. The van der Waals surface area contributed by atoms with E-state index in [-0.39, 0.29) is 23.8 Å². The van der Waals surface area contributed by atoms with Gasteiger partial charge in [0.25, 0.3) is 0 Å². The molecule has 0 fully saturated rings. The Morgan fingerprint density at radius 1 is 1.35 bits per heavy atom. The molecule has 0 unspecified atom stereocenters. The van der Waals surface area contributed by atoms with Crippen LogP contribution < -0.4 is 4.72 Å². The molecule has 0 saturated heterocycles. The molecule has 0 bridgehead atoms. The molecule has 0 aromatic carbocycles. The Morgan fingerprint density at radius 2 is 2.05 bits per heavy atom. The van der Waals surface area contributed by atoms with Gasteiger partial charge in [-0.3, -0.25) is 0 Å². The van der Waals surface area contributed by atoms with Crippen LogP contribution >= 0.6 is 11.3 Å². The minimum absolute atomic E-state index is 0.0192. The van der Waals surface area contributed by atoms with E-state index >= 15 is 0 Å². The maximum Gasteiger partial charge on any atom is 0.244 e. The largest absolute Gasteiger partial charge is 0.465 e. The number of nitrogens with zero attached hydrogens (tertiary/aromatic N) is 1. The average Bonchev–Trinajstić information content (AvgIpc) is 2.90. The smallest absolute Gasteiger partial charge is 0.244 e. The van der Waals surface area contributed by atoms with Crippen LogP contribution in [0.25, 0.3) is 0 Å². The third kappa shape index (κ3) is 2.93. The van der Waals surface area contributed by atoms with Crippen molar-refractivity contribution in [2.24, 2.45) is 0 Å². The highest BCUT2D eigenvalue weighted by Crippen LogP contribution is 2.26. The number of hydrogen-bond acceptors (Lipinski definition) is 6. The summed E-state index contributed by atoms with van der Waals surface area (Å²) in [4.78, 5) is 4.22. The molecule has 2 aromatic rings. The summed E-state index contributed by atoms with van der Waals surface area (Å²) < 4.78 is 32.4. The van der Waals surface area contributed by atoms with E-state index in [1.54, 1.807) is 13.8 Å². The Labute approximate surface area is 121 Å². The van der Waals surface area contributed by atoms with Gasteiger partial charge in [0, 0.05) is 16.6 Å². The van der Waals surface area contributed by atoms with Crippen molar-refractivity contribution in [2.45, 2.75) is 38.8 Å². The SMILES string of the molecule is Cc1csc(CNS(=O)(=O)c2c(C)oc(C)c2CO)n1. The van der Waals surface area contributed by atoms with Gasteiger partial charge in [-0.15, -0.1) is 11.3 Å². The lowest BCUT2D eigenvalue weighted by molar-refractivity contribution is 0.276. The molecule has 2 heterocycles. The van der Waals surface area contributed by atoms with Crippen molar-refractivity contribution >= 4 is 21.4 Å². The zero-order valence-corrected chi connectivity index (χ0v) is 13.1. The number of rotatable bonds is 5. The zero-order valence-electron chi connectivity index (χ0n) is 11.4. The molecular weight excluding hydrogens is 300 g/mol.